The van der Waals surface area contributed by atoms with Gasteiger partial charge in [0.05, 0.1) is 12.1 Å². The molecule has 0 bridgehead atoms. The van der Waals surface area contributed by atoms with Gasteiger partial charge in [0, 0.05) is 18.9 Å². The van der Waals surface area contributed by atoms with Gasteiger partial charge < -0.3 is 9.64 Å². The predicted molar refractivity (Wildman–Crippen MR) is 87.2 cm³/mol. The molecule has 0 N–H and O–H groups in total. The van der Waals surface area contributed by atoms with E-state index < -0.39 is 0 Å². The molecular weight excluding hydrogens is 288 g/mol. The van der Waals surface area contributed by atoms with Crippen molar-refractivity contribution in [3.8, 4) is 5.75 Å². The van der Waals surface area contributed by atoms with Crippen LogP contribution in [0.2, 0.25) is 0 Å². The summed E-state index contributed by atoms with van der Waals surface area (Å²) in [4.78, 5) is 19.0. The molecule has 1 aromatic carbocycles. The quantitative estimate of drug-likeness (QED) is 0.853. The number of hydrogen-bond donors (Lipinski definition) is 0. The Morgan fingerprint density at radius 1 is 1.13 bits per heavy atom. The predicted octanol–water partition coefficient (Wildman–Crippen LogP) is 3.43. The molecule has 4 heteroatoms. The van der Waals surface area contributed by atoms with Crippen molar-refractivity contribution >= 4 is 5.91 Å². The summed E-state index contributed by atoms with van der Waals surface area (Å²) in [7, 11) is 0. The van der Waals surface area contributed by atoms with Crippen LogP contribution in [0.4, 0.5) is 0 Å². The summed E-state index contributed by atoms with van der Waals surface area (Å²) in [5, 5.41) is 0. The van der Waals surface area contributed by atoms with E-state index in [1.165, 1.54) is 0 Å². The summed E-state index contributed by atoms with van der Waals surface area (Å²) < 4.78 is 6.34. The van der Waals surface area contributed by atoms with Crippen LogP contribution >= 0.6 is 0 Å². The van der Waals surface area contributed by atoms with E-state index in [1.807, 2.05) is 29.2 Å². The molecule has 1 saturated carbocycles. The molecule has 1 aliphatic heterocycles. The highest BCUT2D eigenvalue weighted by molar-refractivity contribution is 5.97. The number of ether oxygens (including phenoxy) is 1. The Bertz CT molecular complexity index is 708. The lowest BCUT2D eigenvalue weighted by Crippen LogP contribution is -2.45. The van der Waals surface area contributed by atoms with E-state index in [-0.39, 0.29) is 11.5 Å². The van der Waals surface area contributed by atoms with Gasteiger partial charge in [0.15, 0.2) is 0 Å². The Hall–Kier alpha value is -2.36. The fraction of sp³-hybridized carbons (Fsp3) is 0.368. The second kappa shape index (κ2) is 5.69. The van der Waals surface area contributed by atoms with Crippen molar-refractivity contribution in [2.45, 2.75) is 37.8 Å². The van der Waals surface area contributed by atoms with Crippen LogP contribution in [0.15, 0.2) is 48.8 Å². The number of aromatic nitrogens is 1. The highest BCUT2D eigenvalue weighted by Crippen LogP contribution is 2.39. The van der Waals surface area contributed by atoms with Crippen molar-refractivity contribution in [2.75, 3.05) is 6.54 Å². The maximum Gasteiger partial charge on any atom is 0.259 e. The van der Waals surface area contributed by atoms with Gasteiger partial charge in [0.25, 0.3) is 5.91 Å². The molecule has 0 saturated heterocycles. The molecule has 0 atom stereocenters. The van der Waals surface area contributed by atoms with Crippen molar-refractivity contribution < 1.29 is 9.53 Å². The number of nitrogens with zero attached hydrogens (tertiary/aromatic N) is 2. The van der Waals surface area contributed by atoms with Crippen molar-refractivity contribution in [3.63, 3.8) is 0 Å². The fourth-order valence-corrected chi connectivity index (χ4v) is 3.70. The molecule has 1 spiro atoms. The third-order valence-corrected chi connectivity index (χ3v) is 4.84. The van der Waals surface area contributed by atoms with Crippen LogP contribution in [0.5, 0.6) is 5.75 Å². The lowest BCUT2D eigenvalue weighted by Gasteiger charge is -2.32. The van der Waals surface area contributed by atoms with Crippen LogP contribution in [0.1, 0.15) is 41.6 Å². The molecule has 0 radical (unpaired) electrons. The molecule has 4 nitrogen and oxygen atoms in total. The van der Waals surface area contributed by atoms with Crippen LogP contribution in [0.3, 0.4) is 0 Å². The summed E-state index contributed by atoms with van der Waals surface area (Å²) in [5.74, 6) is 0.697. The minimum Gasteiger partial charge on any atom is -0.484 e. The third kappa shape index (κ3) is 2.69. The summed E-state index contributed by atoms with van der Waals surface area (Å²) in [6, 6.07) is 12.0. The topological polar surface area (TPSA) is 42.4 Å². The largest absolute Gasteiger partial charge is 0.484 e. The van der Waals surface area contributed by atoms with E-state index in [1.54, 1.807) is 12.4 Å². The fourth-order valence-electron chi connectivity index (χ4n) is 3.70. The number of pyridine rings is 1. The van der Waals surface area contributed by atoms with Gasteiger partial charge in [-0.2, -0.15) is 0 Å². The molecule has 118 valence electrons. The number of amides is 1. The summed E-state index contributed by atoms with van der Waals surface area (Å²) in [6.07, 6.45) is 7.66. The SMILES string of the molecule is O=C1c2cnccc2OC2(CCCC2)CN1Cc1ccccc1. The summed E-state index contributed by atoms with van der Waals surface area (Å²) >= 11 is 0. The molecule has 1 aromatic heterocycles. The Morgan fingerprint density at radius 3 is 2.70 bits per heavy atom. The molecule has 2 heterocycles. The van der Waals surface area contributed by atoms with Gasteiger partial charge in [0.1, 0.15) is 11.4 Å². The zero-order valence-corrected chi connectivity index (χ0v) is 13.1. The molecule has 4 rings (SSSR count). The standard InChI is InChI=1S/C19H20N2O2/c22-18-16-12-20-11-8-17(16)23-19(9-4-5-10-19)14-21(18)13-15-6-2-1-3-7-15/h1-3,6-8,11-12H,4-5,9-10,13-14H2. The lowest BCUT2D eigenvalue weighted by atomic mass is 10.0. The van der Waals surface area contributed by atoms with E-state index >= 15 is 0 Å². The van der Waals surface area contributed by atoms with Crippen LogP contribution < -0.4 is 4.74 Å². The number of fused-ring (bicyclic) bond motifs is 1. The van der Waals surface area contributed by atoms with Gasteiger partial charge in [-0.15, -0.1) is 0 Å². The van der Waals surface area contributed by atoms with Crippen LogP contribution in [-0.4, -0.2) is 27.9 Å². The minimum atomic E-state index is -0.239. The normalized spacial score (nSPS) is 19.3. The average molecular weight is 308 g/mol. The molecule has 2 aliphatic rings. The average Bonchev–Trinajstić information content (AvgIpc) is 2.99. The Morgan fingerprint density at radius 2 is 1.91 bits per heavy atom. The number of hydrogen-bond acceptors (Lipinski definition) is 3. The second-order valence-electron chi connectivity index (χ2n) is 6.51. The van der Waals surface area contributed by atoms with E-state index in [4.69, 9.17) is 4.74 Å². The molecule has 1 amide bonds. The highest BCUT2D eigenvalue weighted by Gasteiger charge is 2.42. The maximum absolute atomic E-state index is 13.0. The second-order valence-corrected chi connectivity index (χ2v) is 6.51. The zero-order valence-electron chi connectivity index (χ0n) is 13.1. The first-order valence-electron chi connectivity index (χ1n) is 8.22. The first kappa shape index (κ1) is 14.2. The van der Waals surface area contributed by atoms with Crippen LogP contribution in [-0.2, 0) is 6.54 Å². The van der Waals surface area contributed by atoms with Crippen molar-refractivity contribution in [1.82, 2.24) is 9.88 Å². The van der Waals surface area contributed by atoms with E-state index in [2.05, 4.69) is 17.1 Å². The van der Waals surface area contributed by atoms with Gasteiger partial charge >= 0.3 is 0 Å². The Labute approximate surface area is 136 Å². The summed E-state index contributed by atoms with van der Waals surface area (Å²) in [6.45, 7) is 1.26. The number of benzene rings is 1. The highest BCUT2D eigenvalue weighted by atomic mass is 16.5. The minimum absolute atomic E-state index is 0.0146. The van der Waals surface area contributed by atoms with Gasteiger partial charge in [-0.25, -0.2) is 0 Å². The summed E-state index contributed by atoms with van der Waals surface area (Å²) in [5.41, 5.74) is 1.48. The van der Waals surface area contributed by atoms with E-state index in [9.17, 15) is 4.79 Å². The molecular formula is C19H20N2O2. The van der Waals surface area contributed by atoms with Crippen molar-refractivity contribution in [1.29, 1.82) is 0 Å². The van der Waals surface area contributed by atoms with E-state index in [0.717, 1.165) is 31.2 Å². The Balaban J connectivity index is 1.71. The first-order valence-corrected chi connectivity index (χ1v) is 8.22. The van der Waals surface area contributed by atoms with Crippen LogP contribution in [0, 0.1) is 0 Å². The van der Waals surface area contributed by atoms with Crippen molar-refractivity contribution in [2.24, 2.45) is 0 Å². The molecule has 2 aromatic rings. The maximum atomic E-state index is 13.0. The molecule has 1 aliphatic carbocycles. The number of carbonyl (C=O) groups is 1. The first-order chi connectivity index (χ1) is 11.3. The number of rotatable bonds is 2. The Kier molecular flexibility index (Phi) is 3.52. The monoisotopic (exact) mass is 308 g/mol. The van der Waals surface area contributed by atoms with Gasteiger partial charge in [0.2, 0.25) is 0 Å². The molecule has 1 fully saturated rings. The van der Waals surface area contributed by atoms with Gasteiger partial charge in [-0.3, -0.25) is 9.78 Å². The number of carbonyl (C=O) groups excluding carboxylic acids is 1. The lowest BCUT2D eigenvalue weighted by molar-refractivity contribution is 0.0363. The van der Waals surface area contributed by atoms with Crippen molar-refractivity contribution in [3.05, 3.63) is 59.9 Å². The van der Waals surface area contributed by atoms with Gasteiger partial charge in [-0.05, 0) is 37.3 Å². The zero-order chi connectivity index (χ0) is 15.7. The smallest absolute Gasteiger partial charge is 0.259 e. The third-order valence-electron chi connectivity index (χ3n) is 4.84. The van der Waals surface area contributed by atoms with Gasteiger partial charge in [-0.1, -0.05) is 30.3 Å². The molecule has 23 heavy (non-hydrogen) atoms. The van der Waals surface area contributed by atoms with E-state index in [0.29, 0.717) is 24.4 Å². The molecule has 0 unspecified atom stereocenters. The van der Waals surface area contributed by atoms with Crippen LogP contribution in [0.25, 0.3) is 0 Å².